The lowest BCUT2D eigenvalue weighted by Crippen LogP contribution is -2.28. The summed E-state index contributed by atoms with van der Waals surface area (Å²) in [7, 11) is 0. The largest absolute Gasteiger partial charge is 0.467 e. The highest BCUT2D eigenvalue weighted by Crippen LogP contribution is 2.39. The molecule has 4 rings (SSSR count). The third kappa shape index (κ3) is 5.43. The lowest BCUT2D eigenvalue weighted by Gasteiger charge is -2.23. The van der Waals surface area contributed by atoms with Gasteiger partial charge in [0, 0.05) is 23.1 Å². The quantitative estimate of drug-likeness (QED) is 0.590. The summed E-state index contributed by atoms with van der Waals surface area (Å²) in [6.07, 6.45) is 8.33. The fraction of sp³-hybridized carbons (Fsp3) is 0.478. The summed E-state index contributed by atoms with van der Waals surface area (Å²) in [5, 5.41) is 3.75. The summed E-state index contributed by atoms with van der Waals surface area (Å²) in [5.74, 6) is 2.29. The van der Waals surface area contributed by atoms with Gasteiger partial charge in [0.1, 0.15) is 11.1 Å². The highest BCUT2D eigenvalue weighted by atomic mass is 32.2. The standard InChI is InChI=1S/C23H28N2O3S2/c26-21-16-30-23(25(21)15-19-5-4-13-28-19)18-10-8-17(9-11-18)22(27)24-12-14-29-20-6-2-1-3-7-20/h4-5,8-11,13,20,23H,1-3,6-7,12,14-16H2,(H,24,27)/t23-/m0/s1. The summed E-state index contributed by atoms with van der Waals surface area (Å²) in [6.45, 7) is 1.16. The van der Waals surface area contributed by atoms with Crippen LogP contribution in [0.1, 0.15) is 59.2 Å². The third-order valence-corrected chi connectivity index (χ3v) is 8.26. The van der Waals surface area contributed by atoms with Crippen molar-refractivity contribution in [2.45, 2.75) is 49.3 Å². The number of hydrogen-bond donors (Lipinski definition) is 1. The molecule has 1 aliphatic carbocycles. The first-order chi connectivity index (χ1) is 14.7. The predicted octanol–water partition coefficient (Wildman–Crippen LogP) is 4.85. The Morgan fingerprint density at radius 2 is 1.97 bits per heavy atom. The molecule has 2 heterocycles. The van der Waals surface area contributed by atoms with E-state index >= 15 is 0 Å². The van der Waals surface area contributed by atoms with E-state index < -0.39 is 0 Å². The van der Waals surface area contributed by atoms with E-state index in [2.05, 4.69) is 5.32 Å². The lowest BCUT2D eigenvalue weighted by atomic mass is 10.0. The summed E-state index contributed by atoms with van der Waals surface area (Å²) < 4.78 is 5.41. The Hall–Kier alpha value is -1.86. The molecule has 1 aromatic heterocycles. The molecule has 1 N–H and O–H groups in total. The van der Waals surface area contributed by atoms with Crippen LogP contribution in [-0.2, 0) is 11.3 Å². The van der Waals surface area contributed by atoms with Gasteiger partial charge >= 0.3 is 0 Å². The van der Waals surface area contributed by atoms with Crippen molar-refractivity contribution in [2.75, 3.05) is 18.1 Å². The Morgan fingerprint density at radius 1 is 1.17 bits per heavy atom. The maximum atomic E-state index is 12.5. The number of rotatable bonds is 8. The van der Waals surface area contributed by atoms with E-state index in [-0.39, 0.29) is 17.2 Å². The summed E-state index contributed by atoms with van der Waals surface area (Å²) >= 11 is 3.60. The molecule has 160 valence electrons. The molecule has 0 bridgehead atoms. The molecule has 7 heteroatoms. The van der Waals surface area contributed by atoms with Gasteiger partial charge in [-0.1, -0.05) is 31.4 Å². The van der Waals surface area contributed by atoms with E-state index in [9.17, 15) is 9.59 Å². The van der Waals surface area contributed by atoms with Crippen molar-refractivity contribution in [1.29, 1.82) is 0 Å². The van der Waals surface area contributed by atoms with E-state index in [1.54, 1.807) is 18.0 Å². The Morgan fingerprint density at radius 3 is 2.70 bits per heavy atom. The average molecular weight is 445 g/mol. The fourth-order valence-electron chi connectivity index (χ4n) is 3.99. The molecule has 1 aromatic carbocycles. The van der Waals surface area contributed by atoms with Crippen LogP contribution < -0.4 is 5.32 Å². The van der Waals surface area contributed by atoms with Crippen molar-refractivity contribution in [3.8, 4) is 0 Å². The molecule has 1 aliphatic heterocycles. The summed E-state index contributed by atoms with van der Waals surface area (Å²) in [5.41, 5.74) is 1.69. The molecule has 2 fully saturated rings. The molecule has 5 nitrogen and oxygen atoms in total. The predicted molar refractivity (Wildman–Crippen MR) is 123 cm³/mol. The number of furan rings is 1. The first kappa shape index (κ1) is 21.4. The van der Waals surface area contributed by atoms with Gasteiger partial charge in [0.05, 0.1) is 18.6 Å². The Labute approximate surface area is 186 Å². The van der Waals surface area contributed by atoms with Crippen LogP contribution in [0.2, 0.25) is 0 Å². The van der Waals surface area contributed by atoms with Gasteiger partial charge in [-0.05, 0) is 42.7 Å². The van der Waals surface area contributed by atoms with Crippen molar-refractivity contribution in [3.05, 3.63) is 59.5 Å². The minimum atomic E-state index is -0.0494. The average Bonchev–Trinajstić information content (AvgIpc) is 3.42. The molecule has 0 spiro atoms. The third-order valence-electron chi connectivity index (χ3n) is 5.63. The van der Waals surface area contributed by atoms with Crippen molar-refractivity contribution >= 4 is 35.3 Å². The van der Waals surface area contributed by atoms with E-state index in [4.69, 9.17) is 4.42 Å². The number of nitrogens with zero attached hydrogens (tertiary/aromatic N) is 1. The Kier molecular flexibility index (Phi) is 7.44. The van der Waals surface area contributed by atoms with E-state index in [1.807, 2.05) is 53.1 Å². The zero-order valence-electron chi connectivity index (χ0n) is 17.0. The fourth-order valence-corrected chi connectivity index (χ4v) is 6.40. The van der Waals surface area contributed by atoms with Crippen LogP contribution in [0.3, 0.4) is 0 Å². The van der Waals surface area contributed by atoms with E-state index in [1.165, 1.54) is 32.1 Å². The number of nitrogens with one attached hydrogen (secondary N) is 1. The molecule has 1 saturated heterocycles. The number of amides is 2. The lowest BCUT2D eigenvalue weighted by molar-refractivity contribution is -0.128. The zero-order valence-corrected chi connectivity index (χ0v) is 18.7. The molecule has 1 saturated carbocycles. The summed E-state index contributed by atoms with van der Waals surface area (Å²) in [4.78, 5) is 26.6. The molecule has 0 radical (unpaired) electrons. The van der Waals surface area contributed by atoms with Gasteiger partial charge < -0.3 is 14.6 Å². The maximum absolute atomic E-state index is 12.5. The number of hydrogen-bond acceptors (Lipinski definition) is 5. The Bertz CT molecular complexity index is 833. The van der Waals surface area contributed by atoms with Crippen LogP contribution in [0.4, 0.5) is 0 Å². The zero-order chi connectivity index (χ0) is 20.8. The maximum Gasteiger partial charge on any atom is 0.251 e. The second-order valence-corrected chi connectivity index (χ2v) is 10.2. The van der Waals surface area contributed by atoms with E-state index in [0.717, 1.165) is 22.3 Å². The van der Waals surface area contributed by atoms with Gasteiger partial charge in [0.25, 0.3) is 5.91 Å². The number of benzene rings is 1. The number of thioether (sulfide) groups is 2. The number of carbonyl (C=O) groups is 2. The highest BCUT2D eigenvalue weighted by Gasteiger charge is 2.33. The van der Waals surface area contributed by atoms with Crippen LogP contribution in [0, 0.1) is 0 Å². The smallest absolute Gasteiger partial charge is 0.251 e. The van der Waals surface area contributed by atoms with Crippen LogP contribution >= 0.6 is 23.5 Å². The van der Waals surface area contributed by atoms with Crippen LogP contribution in [-0.4, -0.2) is 40.0 Å². The molecule has 0 unspecified atom stereocenters. The monoisotopic (exact) mass is 444 g/mol. The van der Waals surface area contributed by atoms with Crippen molar-refractivity contribution < 1.29 is 14.0 Å². The van der Waals surface area contributed by atoms with Gasteiger partial charge in [-0.25, -0.2) is 0 Å². The van der Waals surface area contributed by atoms with Crippen LogP contribution in [0.5, 0.6) is 0 Å². The molecule has 30 heavy (non-hydrogen) atoms. The topological polar surface area (TPSA) is 62.6 Å². The van der Waals surface area contributed by atoms with E-state index in [0.29, 0.717) is 24.4 Å². The molecule has 2 amide bonds. The second-order valence-electron chi connectivity index (χ2n) is 7.77. The van der Waals surface area contributed by atoms with Gasteiger partial charge in [0.15, 0.2) is 0 Å². The highest BCUT2D eigenvalue weighted by molar-refractivity contribution is 8.00. The van der Waals surface area contributed by atoms with Gasteiger partial charge in [-0.15, -0.1) is 11.8 Å². The molecular formula is C23H28N2O3S2. The van der Waals surface area contributed by atoms with Crippen molar-refractivity contribution in [3.63, 3.8) is 0 Å². The van der Waals surface area contributed by atoms with Crippen molar-refractivity contribution in [2.24, 2.45) is 0 Å². The second kappa shape index (κ2) is 10.4. The number of carbonyl (C=O) groups excluding carboxylic acids is 2. The normalized spacial score (nSPS) is 19.9. The van der Waals surface area contributed by atoms with Crippen LogP contribution in [0.25, 0.3) is 0 Å². The molecular weight excluding hydrogens is 416 g/mol. The SMILES string of the molecule is O=C(NCCSC1CCCCC1)c1ccc([C@@H]2SCC(=O)N2Cc2ccco2)cc1. The van der Waals surface area contributed by atoms with Gasteiger partial charge in [0.2, 0.25) is 5.91 Å². The molecule has 1 atom stereocenters. The molecule has 2 aromatic rings. The Balaban J connectivity index is 1.28. The van der Waals surface area contributed by atoms with Crippen LogP contribution in [0.15, 0.2) is 47.1 Å². The summed E-state index contributed by atoms with van der Waals surface area (Å²) in [6, 6.07) is 11.3. The van der Waals surface area contributed by atoms with Crippen molar-refractivity contribution in [1.82, 2.24) is 10.2 Å². The van der Waals surface area contributed by atoms with Gasteiger partial charge in [-0.3, -0.25) is 9.59 Å². The minimum absolute atomic E-state index is 0.0339. The van der Waals surface area contributed by atoms with Gasteiger partial charge in [-0.2, -0.15) is 11.8 Å². The first-order valence-corrected chi connectivity index (χ1v) is 12.7. The minimum Gasteiger partial charge on any atom is -0.467 e. The first-order valence-electron chi connectivity index (χ1n) is 10.6. The molecule has 2 aliphatic rings.